The molecule has 3 aromatic carbocycles. The summed E-state index contributed by atoms with van der Waals surface area (Å²) in [5.41, 5.74) is 0.672. The predicted molar refractivity (Wildman–Crippen MR) is 104 cm³/mol. The highest BCUT2D eigenvalue weighted by molar-refractivity contribution is 7.52. The fourth-order valence-corrected chi connectivity index (χ4v) is 4.30. The summed E-state index contributed by atoms with van der Waals surface area (Å²) in [6, 6.07) is 27.0. The molecular weight excluding hydrogens is 353 g/mol. The Balaban J connectivity index is 1.81. The van der Waals surface area contributed by atoms with Gasteiger partial charge in [0.2, 0.25) is 16.1 Å². The van der Waals surface area contributed by atoms with Gasteiger partial charge in [0.15, 0.2) is 0 Å². The van der Waals surface area contributed by atoms with Gasteiger partial charge in [-0.1, -0.05) is 66.7 Å². The SMILES string of the molecule is O=[PH](OB(O[PH](=O)c1ccccc1)c1ccccc1)c1ccccc1. The summed E-state index contributed by atoms with van der Waals surface area (Å²) < 4.78 is 36.4. The Morgan fingerprint density at radius 2 is 0.920 bits per heavy atom. The third-order valence-electron chi connectivity index (χ3n) is 3.52. The van der Waals surface area contributed by atoms with Crippen LogP contribution in [-0.2, 0) is 18.0 Å². The lowest BCUT2D eigenvalue weighted by Crippen LogP contribution is -2.34. The molecule has 0 aliphatic carbocycles. The molecule has 2 atom stereocenters. The van der Waals surface area contributed by atoms with Gasteiger partial charge in [0, 0.05) is 10.6 Å². The Morgan fingerprint density at radius 1 is 0.560 bits per heavy atom. The minimum absolute atomic E-state index is 0.594. The fraction of sp³-hybridized carbons (Fsp3) is 0. The maximum absolute atomic E-state index is 12.5. The molecule has 0 saturated carbocycles. The first-order chi connectivity index (χ1) is 12.2. The molecular formula is C18H17BO4P2. The van der Waals surface area contributed by atoms with E-state index in [2.05, 4.69) is 0 Å². The average molecular weight is 370 g/mol. The van der Waals surface area contributed by atoms with Crippen molar-refractivity contribution >= 4 is 39.2 Å². The number of hydrogen-bond acceptors (Lipinski definition) is 4. The first-order valence-corrected chi connectivity index (χ1v) is 10.4. The van der Waals surface area contributed by atoms with Crippen LogP contribution in [0, 0.1) is 0 Å². The lowest BCUT2D eigenvalue weighted by atomic mass is 9.80. The zero-order valence-electron chi connectivity index (χ0n) is 13.4. The molecule has 0 heterocycles. The van der Waals surface area contributed by atoms with Gasteiger partial charge < -0.3 is 8.88 Å². The third-order valence-corrected chi connectivity index (χ3v) is 5.98. The molecule has 0 saturated heterocycles. The van der Waals surface area contributed by atoms with Crippen molar-refractivity contribution in [1.82, 2.24) is 0 Å². The molecule has 0 amide bonds. The van der Waals surface area contributed by atoms with E-state index in [1.54, 1.807) is 60.7 Å². The van der Waals surface area contributed by atoms with Crippen molar-refractivity contribution < 1.29 is 18.0 Å². The van der Waals surface area contributed by atoms with Crippen LogP contribution in [0.15, 0.2) is 91.0 Å². The molecule has 3 rings (SSSR count). The minimum Gasteiger partial charge on any atom is -0.355 e. The number of benzene rings is 3. The van der Waals surface area contributed by atoms with Gasteiger partial charge in [-0.05, 0) is 29.7 Å². The molecule has 126 valence electrons. The predicted octanol–water partition coefficient (Wildman–Crippen LogP) is 3.02. The van der Waals surface area contributed by atoms with Crippen molar-refractivity contribution in [3.63, 3.8) is 0 Å². The van der Waals surface area contributed by atoms with Gasteiger partial charge in [0.1, 0.15) is 0 Å². The smallest absolute Gasteiger partial charge is 0.355 e. The third kappa shape index (κ3) is 5.04. The van der Waals surface area contributed by atoms with Crippen LogP contribution >= 0.6 is 16.1 Å². The summed E-state index contributed by atoms with van der Waals surface area (Å²) in [7, 11) is -6.03. The molecule has 3 aromatic rings. The van der Waals surface area contributed by atoms with Crippen LogP contribution in [-0.4, -0.2) is 7.12 Å². The van der Waals surface area contributed by atoms with Crippen molar-refractivity contribution in [3.8, 4) is 0 Å². The van der Waals surface area contributed by atoms with E-state index in [-0.39, 0.29) is 0 Å². The highest BCUT2D eigenvalue weighted by atomic mass is 31.1. The molecule has 0 aliphatic rings. The topological polar surface area (TPSA) is 52.6 Å². The Bertz CT molecular complexity index is 791. The molecule has 7 heteroatoms. The highest BCUT2D eigenvalue weighted by Crippen LogP contribution is 2.28. The van der Waals surface area contributed by atoms with E-state index >= 15 is 0 Å². The molecule has 0 N–H and O–H groups in total. The maximum Gasteiger partial charge on any atom is 0.504 e. The molecule has 0 aromatic heterocycles. The van der Waals surface area contributed by atoms with E-state index in [0.717, 1.165) is 0 Å². The number of hydrogen-bond donors (Lipinski definition) is 0. The first-order valence-electron chi connectivity index (χ1n) is 7.81. The van der Waals surface area contributed by atoms with Gasteiger partial charge in [-0.2, -0.15) is 0 Å². The van der Waals surface area contributed by atoms with Gasteiger partial charge >= 0.3 is 7.12 Å². The summed E-state index contributed by atoms with van der Waals surface area (Å²) in [6.07, 6.45) is 0. The molecule has 25 heavy (non-hydrogen) atoms. The van der Waals surface area contributed by atoms with Crippen LogP contribution < -0.4 is 16.1 Å². The maximum atomic E-state index is 12.5. The quantitative estimate of drug-likeness (QED) is 0.474. The van der Waals surface area contributed by atoms with Crippen molar-refractivity contribution in [2.45, 2.75) is 0 Å². The summed E-state index contributed by atoms with van der Waals surface area (Å²) in [4.78, 5) is 0. The van der Waals surface area contributed by atoms with E-state index < -0.39 is 23.2 Å². The van der Waals surface area contributed by atoms with Crippen LogP contribution in [0.5, 0.6) is 0 Å². The monoisotopic (exact) mass is 370 g/mol. The van der Waals surface area contributed by atoms with E-state index in [1.165, 1.54) is 0 Å². The standard InChI is InChI=1S/C18H17BO4P2/c20-24(17-12-6-2-7-13-17)22-19(16-10-4-1-5-11-16)23-25(21)18-14-8-3-9-15-18/h1-15,24-25H. The van der Waals surface area contributed by atoms with E-state index in [0.29, 0.717) is 16.1 Å². The fourth-order valence-electron chi connectivity index (χ4n) is 2.25. The molecule has 0 spiro atoms. The van der Waals surface area contributed by atoms with Crippen LogP contribution in [0.3, 0.4) is 0 Å². The van der Waals surface area contributed by atoms with Crippen LogP contribution in [0.4, 0.5) is 0 Å². The van der Waals surface area contributed by atoms with Crippen molar-refractivity contribution in [2.24, 2.45) is 0 Å². The largest absolute Gasteiger partial charge is 0.504 e. The highest BCUT2D eigenvalue weighted by Gasteiger charge is 2.27. The molecule has 0 aliphatic heterocycles. The summed E-state index contributed by atoms with van der Waals surface area (Å²) >= 11 is 0. The Hall–Kier alpha value is -1.90. The summed E-state index contributed by atoms with van der Waals surface area (Å²) in [5, 5.41) is 1.19. The minimum atomic E-state index is -2.54. The summed E-state index contributed by atoms with van der Waals surface area (Å²) in [6.45, 7) is 0. The van der Waals surface area contributed by atoms with Gasteiger partial charge in [0.05, 0.1) is 0 Å². The lowest BCUT2D eigenvalue weighted by Gasteiger charge is -2.15. The van der Waals surface area contributed by atoms with Gasteiger partial charge in [-0.15, -0.1) is 0 Å². The lowest BCUT2D eigenvalue weighted by molar-refractivity contribution is 0.443. The zero-order valence-corrected chi connectivity index (χ0v) is 15.4. The molecule has 4 nitrogen and oxygen atoms in total. The van der Waals surface area contributed by atoms with Crippen molar-refractivity contribution in [2.75, 3.05) is 0 Å². The van der Waals surface area contributed by atoms with Crippen molar-refractivity contribution in [3.05, 3.63) is 91.0 Å². The zero-order chi connectivity index (χ0) is 17.5. The second kappa shape index (κ2) is 8.98. The van der Waals surface area contributed by atoms with Crippen molar-refractivity contribution in [1.29, 1.82) is 0 Å². The normalized spacial score (nSPS) is 13.1. The second-order valence-corrected chi connectivity index (χ2v) is 8.06. The average Bonchev–Trinajstić information content (AvgIpc) is 2.69. The molecule has 2 unspecified atom stereocenters. The van der Waals surface area contributed by atoms with Gasteiger partial charge in [-0.25, -0.2) is 0 Å². The summed E-state index contributed by atoms with van der Waals surface area (Å²) in [5.74, 6) is 0. The van der Waals surface area contributed by atoms with Crippen LogP contribution in [0.2, 0.25) is 0 Å². The Morgan fingerprint density at radius 3 is 1.32 bits per heavy atom. The van der Waals surface area contributed by atoms with Gasteiger partial charge in [0.25, 0.3) is 0 Å². The van der Waals surface area contributed by atoms with E-state index in [1.807, 2.05) is 30.3 Å². The Labute approximate surface area is 148 Å². The number of rotatable bonds is 7. The molecule has 0 bridgehead atoms. The van der Waals surface area contributed by atoms with E-state index in [4.69, 9.17) is 8.88 Å². The van der Waals surface area contributed by atoms with Crippen LogP contribution in [0.1, 0.15) is 0 Å². The Kier molecular flexibility index (Phi) is 6.44. The second-order valence-electron chi connectivity index (χ2n) is 5.29. The first kappa shape index (κ1) is 17.9. The van der Waals surface area contributed by atoms with E-state index in [9.17, 15) is 9.13 Å². The molecule has 0 radical (unpaired) electrons. The van der Waals surface area contributed by atoms with Crippen LogP contribution in [0.25, 0.3) is 0 Å². The molecule has 0 fully saturated rings. The van der Waals surface area contributed by atoms with Gasteiger partial charge in [-0.3, -0.25) is 9.13 Å².